The number of ether oxygens (including phenoxy) is 2. The molecule has 3 nitrogen and oxygen atoms in total. The van der Waals surface area contributed by atoms with Crippen LogP contribution in [0.15, 0.2) is 60.7 Å². The van der Waals surface area contributed by atoms with E-state index < -0.39 is 0 Å². The number of rotatable bonds is 8. The van der Waals surface area contributed by atoms with Crippen LogP contribution in [0.4, 0.5) is 0 Å². The van der Waals surface area contributed by atoms with Crippen molar-refractivity contribution in [3.8, 4) is 11.5 Å². The summed E-state index contributed by atoms with van der Waals surface area (Å²) in [4.78, 5) is 11.9. The lowest BCUT2D eigenvalue weighted by atomic mass is 10.1. The second kappa shape index (κ2) is 9.36. The first kappa shape index (κ1) is 17.5. The highest BCUT2D eigenvalue weighted by Gasteiger charge is 1.95. The molecule has 0 radical (unpaired) electrons. The van der Waals surface area contributed by atoms with E-state index in [0.717, 1.165) is 22.6 Å². The van der Waals surface area contributed by atoms with Gasteiger partial charge in [-0.3, -0.25) is 4.79 Å². The summed E-state index contributed by atoms with van der Waals surface area (Å²) in [5.74, 6) is 1.60. The van der Waals surface area contributed by atoms with Gasteiger partial charge in [0.05, 0.1) is 13.2 Å². The molecule has 3 heteroatoms. The lowest BCUT2D eigenvalue weighted by Gasteiger charge is -2.02. The van der Waals surface area contributed by atoms with E-state index in [9.17, 15) is 4.79 Å². The molecule has 0 fully saturated rings. The van der Waals surface area contributed by atoms with Gasteiger partial charge in [0.1, 0.15) is 11.5 Å². The lowest BCUT2D eigenvalue weighted by molar-refractivity contribution is -0.110. The molecule has 24 heavy (non-hydrogen) atoms. The predicted octanol–water partition coefficient (Wildman–Crippen LogP) is 4.78. The Morgan fingerprint density at radius 2 is 1.12 bits per heavy atom. The van der Waals surface area contributed by atoms with Crippen LogP contribution < -0.4 is 9.47 Å². The van der Waals surface area contributed by atoms with Crippen molar-refractivity contribution in [3.05, 3.63) is 71.8 Å². The monoisotopic (exact) mass is 322 g/mol. The third kappa shape index (κ3) is 5.76. The fourth-order valence-corrected chi connectivity index (χ4v) is 2.10. The Labute approximate surface area is 143 Å². The summed E-state index contributed by atoms with van der Waals surface area (Å²) >= 11 is 0. The first-order valence-corrected chi connectivity index (χ1v) is 8.07. The summed E-state index contributed by atoms with van der Waals surface area (Å²) in [6.45, 7) is 5.18. The molecular weight excluding hydrogens is 300 g/mol. The topological polar surface area (TPSA) is 35.5 Å². The Balaban J connectivity index is 1.91. The van der Waals surface area contributed by atoms with Gasteiger partial charge in [-0.05, 0) is 61.4 Å². The number of ketones is 1. The molecule has 0 saturated carbocycles. The molecule has 0 aliphatic rings. The smallest absolute Gasteiger partial charge is 0.178 e. The zero-order chi connectivity index (χ0) is 17.2. The zero-order valence-electron chi connectivity index (χ0n) is 14.1. The van der Waals surface area contributed by atoms with Gasteiger partial charge in [-0.2, -0.15) is 0 Å². The SMILES string of the molecule is CCOc1ccc(/C=C/C(=O)/C=C/c2ccc(OCC)cc2)cc1. The maximum atomic E-state index is 11.9. The minimum absolute atomic E-state index is 0.0576. The molecule has 0 heterocycles. The van der Waals surface area contributed by atoms with Crippen molar-refractivity contribution in [2.75, 3.05) is 13.2 Å². The van der Waals surface area contributed by atoms with E-state index in [0.29, 0.717) is 13.2 Å². The van der Waals surface area contributed by atoms with Gasteiger partial charge in [-0.15, -0.1) is 0 Å². The highest BCUT2D eigenvalue weighted by molar-refractivity contribution is 6.04. The Kier molecular flexibility index (Phi) is 6.84. The van der Waals surface area contributed by atoms with Gasteiger partial charge in [-0.25, -0.2) is 0 Å². The number of hydrogen-bond donors (Lipinski definition) is 0. The van der Waals surface area contributed by atoms with Crippen molar-refractivity contribution >= 4 is 17.9 Å². The third-order valence-corrected chi connectivity index (χ3v) is 3.26. The molecule has 0 bridgehead atoms. The summed E-state index contributed by atoms with van der Waals surface area (Å²) in [6, 6.07) is 15.3. The van der Waals surface area contributed by atoms with Crippen molar-refractivity contribution in [3.63, 3.8) is 0 Å². The lowest BCUT2D eigenvalue weighted by Crippen LogP contribution is -1.91. The normalized spacial score (nSPS) is 11.1. The number of carbonyl (C=O) groups is 1. The van der Waals surface area contributed by atoms with Crippen LogP contribution in [-0.4, -0.2) is 19.0 Å². The summed E-state index contributed by atoms with van der Waals surface area (Å²) in [5, 5.41) is 0. The number of benzene rings is 2. The standard InChI is InChI=1S/C21H22O3/c1-3-23-20-13-7-17(8-14-20)5-11-19(22)12-6-18-9-15-21(16-10-18)24-4-2/h5-16H,3-4H2,1-2H3/b11-5+,12-6+. The van der Waals surface area contributed by atoms with E-state index in [2.05, 4.69) is 0 Å². The third-order valence-electron chi connectivity index (χ3n) is 3.26. The molecule has 0 aliphatic heterocycles. The van der Waals surface area contributed by atoms with E-state index in [-0.39, 0.29) is 5.78 Å². The molecular formula is C21H22O3. The van der Waals surface area contributed by atoms with Gasteiger partial charge in [0, 0.05) is 0 Å². The van der Waals surface area contributed by atoms with Crippen LogP contribution in [0, 0.1) is 0 Å². The summed E-state index contributed by atoms with van der Waals surface area (Å²) in [5.41, 5.74) is 1.92. The molecule has 0 spiro atoms. The Hall–Kier alpha value is -2.81. The van der Waals surface area contributed by atoms with Gasteiger partial charge in [0.2, 0.25) is 0 Å². The second-order valence-corrected chi connectivity index (χ2v) is 5.07. The summed E-state index contributed by atoms with van der Waals surface area (Å²) in [6.07, 6.45) is 6.70. The van der Waals surface area contributed by atoms with E-state index in [4.69, 9.17) is 9.47 Å². The maximum Gasteiger partial charge on any atom is 0.178 e. The number of hydrogen-bond acceptors (Lipinski definition) is 3. The van der Waals surface area contributed by atoms with E-state index in [1.807, 2.05) is 62.4 Å². The molecule has 0 atom stereocenters. The van der Waals surface area contributed by atoms with Gasteiger partial charge in [0.25, 0.3) is 0 Å². The average molecular weight is 322 g/mol. The van der Waals surface area contributed by atoms with Crippen molar-refractivity contribution in [1.29, 1.82) is 0 Å². The molecule has 2 aromatic carbocycles. The number of carbonyl (C=O) groups excluding carboxylic acids is 1. The van der Waals surface area contributed by atoms with Crippen molar-refractivity contribution < 1.29 is 14.3 Å². The van der Waals surface area contributed by atoms with Crippen LogP contribution in [0.5, 0.6) is 11.5 Å². The molecule has 0 N–H and O–H groups in total. The molecule has 0 aliphatic carbocycles. The van der Waals surface area contributed by atoms with Gasteiger partial charge < -0.3 is 9.47 Å². The second-order valence-electron chi connectivity index (χ2n) is 5.07. The minimum Gasteiger partial charge on any atom is -0.494 e. The molecule has 124 valence electrons. The van der Waals surface area contributed by atoms with Crippen molar-refractivity contribution in [2.24, 2.45) is 0 Å². The zero-order valence-corrected chi connectivity index (χ0v) is 14.1. The molecule has 0 aromatic heterocycles. The summed E-state index contributed by atoms with van der Waals surface area (Å²) < 4.78 is 10.8. The van der Waals surface area contributed by atoms with Gasteiger partial charge in [-0.1, -0.05) is 36.4 Å². The quantitative estimate of drug-likeness (QED) is 0.656. The number of allylic oxidation sites excluding steroid dienone is 2. The molecule has 0 saturated heterocycles. The Bertz CT molecular complexity index is 633. The Morgan fingerprint density at radius 3 is 1.46 bits per heavy atom. The predicted molar refractivity (Wildman–Crippen MR) is 98.3 cm³/mol. The van der Waals surface area contributed by atoms with Crippen molar-refractivity contribution in [2.45, 2.75) is 13.8 Å². The average Bonchev–Trinajstić information content (AvgIpc) is 2.61. The van der Waals surface area contributed by atoms with Crippen LogP contribution in [0.3, 0.4) is 0 Å². The molecule has 0 unspecified atom stereocenters. The van der Waals surface area contributed by atoms with Crippen LogP contribution in [-0.2, 0) is 4.79 Å². The largest absolute Gasteiger partial charge is 0.494 e. The molecule has 2 aromatic rings. The van der Waals surface area contributed by atoms with E-state index >= 15 is 0 Å². The highest BCUT2D eigenvalue weighted by atomic mass is 16.5. The van der Waals surface area contributed by atoms with Gasteiger partial charge >= 0.3 is 0 Å². The first-order chi connectivity index (χ1) is 11.7. The van der Waals surface area contributed by atoms with Gasteiger partial charge in [0.15, 0.2) is 5.78 Å². The Morgan fingerprint density at radius 1 is 0.750 bits per heavy atom. The summed E-state index contributed by atoms with van der Waals surface area (Å²) in [7, 11) is 0. The fourth-order valence-electron chi connectivity index (χ4n) is 2.10. The van der Waals surface area contributed by atoms with Crippen LogP contribution in [0.1, 0.15) is 25.0 Å². The molecule has 2 rings (SSSR count). The van der Waals surface area contributed by atoms with Crippen LogP contribution in [0.2, 0.25) is 0 Å². The van der Waals surface area contributed by atoms with Crippen LogP contribution in [0.25, 0.3) is 12.2 Å². The minimum atomic E-state index is -0.0576. The van der Waals surface area contributed by atoms with Crippen molar-refractivity contribution in [1.82, 2.24) is 0 Å². The van der Waals surface area contributed by atoms with Crippen LogP contribution >= 0.6 is 0 Å². The molecule has 0 amide bonds. The van der Waals surface area contributed by atoms with E-state index in [1.54, 1.807) is 24.3 Å². The van der Waals surface area contributed by atoms with E-state index in [1.165, 1.54) is 0 Å². The maximum absolute atomic E-state index is 11.9. The first-order valence-electron chi connectivity index (χ1n) is 8.07. The fraction of sp³-hybridized carbons (Fsp3) is 0.190. The highest BCUT2D eigenvalue weighted by Crippen LogP contribution is 2.14.